The number of amides is 2. The first-order valence-corrected chi connectivity index (χ1v) is 25.8. The van der Waals surface area contributed by atoms with Gasteiger partial charge in [0.2, 0.25) is 0 Å². The van der Waals surface area contributed by atoms with Crippen LogP contribution in [0.5, 0.6) is 0 Å². The van der Waals surface area contributed by atoms with Gasteiger partial charge in [-0.25, -0.2) is 0 Å². The van der Waals surface area contributed by atoms with E-state index in [4.69, 9.17) is 24.4 Å². The van der Waals surface area contributed by atoms with Gasteiger partial charge < -0.3 is 19.6 Å². The van der Waals surface area contributed by atoms with Crippen LogP contribution in [0.2, 0.25) is 0 Å². The normalized spacial score (nSPS) is 23.3. The first-order valence-electron chi connectivity index (χ1n) is 18.8. The predicted molar refractivity (Wildman–Crippen MR) is 245 cm³/mol. The zero-order chi connectivity index (χ0) is 37.3. The Balaban J connectivity index is 1.36. The van der Waals surface area contributed by atoms with Gasteiger partial charge >= 0.3 is 0 Å². The molecule has 4 fully saturated rings. The van der Waals surface area contributed by atoms with Crippen LogP contribution in [0.4, 0.5) is 9.59 Å². The van der Waals surface area contributed by atoms with Gasteiger partial charge in [-0.2, -0.15) is 0 Å². The third-order valence-electron chi connectivity index (χ3n) is 9.76. The fourth-order valence-electron chi connectivity index (χ4n) is 6.69. The summed E-state index contributed by atoms with van der Waals surface area (Å²) in [5.41, 5.74) is 0. The van der Waals surface area contributed by atoms with Crippen LogP contribution in [-0.2, 0) is 0 Å². The summed E-state index contributed by atoms with van der Waals surface area (Å²) in [6, 6.07) is 0. The molecule has 0 spiro atoms. The van der Waals surface area contributed by atoms with Gasteiger partial charge in [-0.05, 0) is 37.5 Å². The summed E-state index contributed by atoms with van der Waals surface area (Å²) in [4.78, 5) is 40.2. The van der Waals surface area contributed by atoms with Crippen LogP contribution in [0.3, 0.4) is 0 Å². The van der Waals surface area contributed by atoms with Crippen molar-refractivity contribution in [1.82, 2.24) is 29.4 Å². The van der Waals surface area contributed by atoms with Crippen molar-refractivity contribution in [3.63, 3.8) is 0 Å². The average Bonchev–Trinajstić information content (AvgIpc) is 3.15. The van der Waals surface area contributed by atoms with E-state index in [1.54, 1.807) is 23.5 Å². The number of carbonyl (C=O) groups excluding carboxylic acids is 2. The third kappa shape index (κ3) is 16.0. The Bertz CT molecular complexity index is 1080. The number of rotatable bonds is 15. The van der Waals surface area contributed by atoms with Crippen LogP contribution < -0.4 is 0 Å². The highest BCUT2D eigenvalue weighted by molar-refractivity contribution is 8.77. The quantitative estimate of drug-likeness (QED) is 0.0911. The fourth-order valence-corrected chi connectivity index (χ4v) is 15.9. The summed E-state index contributed by atoms with van der Waals surface area (Å²) in [5, 5.41) is 0.807. The van der Waals surface area contributed by atoms with Crippen LogP contribution in [0.1, 0.15) is 39.5 Å². The van der Waals surface area contributed by atoms with E-state index in [-0.39, 0.29) is 21.0 Å². The van der Waals surface area contributed by atoms with Crippen molar-refractivity contribution in [3.05, 3.63) is 25.3 Å². The molecule has 4 aliphatic rings. The molecule has 0 aromatic rings. The van der Waals surface area contributed by atoms with Gasteiger partial charge in [-0.3, -0.25) is 19.4 Å². The van der Waals surface area contributed by atoms with E-state index in [9.17, 15) is 9.59 Å². The minimum absolute atomic E-state index is 0.175. The van der Waals surface area contributed by atoms with Gasteiger partial charge in [0.15, 0.2) is 0 Å². The van der Waals surface area contributed by atoms with Gasteiger partial charge in [0, 0.05) is 125 Å². The summed E-state index contributed by atoms with van der Waals surface area (Å²) in [7, 11) is 3.75. The van der Waals surface area contributed by atoms with Crippen molar-refractivity contribution < 1.29 is 9.59 Å². The highest BCUT2D eigenvalue weighted by Gasteiger charge is 2.27. The standard InChI is InChI=1S/C36H60N6O2S8/c1-5-11-37-15-19-39(20-16-37)33(43)47-25-31(27-49-35(45)41-13-7-9-29(3)23-41)51-52-32(28-50-36(46)42-14-8-10-30(4)24-42)26-48-34(44)40-21-17-38(12-6-2)18-22-40/h5-6,29-32H,1-2,7-28H2,3-4H3. The molecule has 0 radical (unpaired) electrons. The molecule has 294 valence electrons. The van der Waals surface area contributed by atoms with Gasteiger partial charge in [0.1, 0.15) is 8.64 Å². The van der Waals surface area contributed by atoms with Crippen molar-refractivity contribution >= 4 is 112 Å². The summed E-state index contributed by atoms with van der Waals surface area (Å²) in [5.74, 6) is 4.53. The maximum absolute atomic E-state index is 13.4. The van der Waals surface area contributed by atoms with Gasteiger partial charge in [-0.15, -0.1) is 13.2 Å². The van der Waals surface area contributed by atoms with E-state index < -0.39 is 0 Å². The third-order valence-corrected chi connectivity index (χ3v) is 19.4. The molecule has 0 aromatic heterocycles. The molecule has 16 heteroatoms. The molecular weight excluding hydrogens is 805 g/mol. The van der Waals surface area contributed by atoms with Crippen LogP contribution in [0, 0.1) is 11.8 Å². The number of piperidine rings is 2. The number of thioether (sulfide) groups is 4. The zero-order valence-electron chi connectivity index (χ0n) is 31.2. The Hall–Kier alpha value is 0.220. The van der Waals surface area contributed by atoms with E-state index in [2.05, 4.69) is 46.6 Å². The summed E-state index contributed by atoms with van der Waals surface area (Å²) in [6.45, 7) is 24.9. The molecule has 4 aliphatic heterocycles. The van der Waals surface area contributed by atoms with Crippen LogP contribution in [0.15, 0.2) is 25.3 Å². The van der Waals surface area contributed by atoms with E-state index in [1.165, 1.54) is 49.2 Å². The maximum Gasteiger partial charge on any atom is 0.281 e. The molecule has 4 heterocycles. The number of piperazine rings is 2. The Morgan fingerprint density at radius 1 is 0.596 bits per heavy atom. The first kappa shape index (κ1) is 44.9. The summed E-state index contributed by atoms with van der Waals surface area (Å²) >= 11 is 18.4. The van der Waals surface area contributed by atoms with Crippen molar-refractivity contribution in [2.24, 2.45) is 11.8 Å². The fraction of sp³-hybridized carbons (Fsp3) is 0.778. The minimum Gasteiger partial charge on any atom is -0.357 e. The van der Waals surface area contributed by atoms with Crippen LogP contribution in [0.25, 0.3) is 0 Å². The van der Waals surface area contributed by atoms with Crippen molar-refractivity contribution in [2.45, 2.75) is 50.0 Å². The van der Waals surface area contributed by atoms with Crippen molar-refractivity contribution in [3.8, 4) is 0 Å². The molecule has 2 amide bonds. The van der Waals surface area contributed by atoms with E-state index in [0.29, 0.717) is 11.8 Å². The van der Waals surface area contributed by atoms with E-state index >= 15 is 0 Å². The number of thiocarbonyl (C=S) groups is 2. The number of likely N-dealkylation sites (tertiary alicyclic amines) is 2. The SMILES string of the molecule is C=CCN1CCN(C(=O)SCC(CSC(=S)N2CCCC(C)C2)SSC(CSC(=O)N2CCN(CC=C)CC2)CSC(=S)N2CCCC(C)C2)CC1. The molecule has 0 N–H and O–H groups in total. The zero-order valence-corrected chi connectivity index (χ0v) is 37.7. The number of nitrogens with zero attached hydrogens (tertiary/aromatic N) is 6. The second-order valence-corrected chi connectivity index (χ2v) is 22.4. The van der Waals surface area contributed by atoms with E-state index in [1.807, 2.05) is 43.5 Å². The Morgan fingerprint density at radius 2 is 0.962 bits per heavy atom. The molecule has 4 saturated heterocycles. The lowest BCUT2D eigenvalue weighted by Crippen LogP contribution is -2.47. The second kappa shape index (κ2) is 24.8. The summed E-state index contributed by atoms with van der Waals surface area (Å²) in [6.07, 6.45) is 8.80. The number of hydrogen-bond donors (Lipinski definition) is 0. The topological polar surface area (TPSA) is 53.6 Å². The Labute approximate surface area is 350 Å². The van der Waals surface area contributed by atoms with Crippen molar-refractivity contribution in [1.29, 1.82) is 0 Å². The van der Waals surface area contributed by atoms with Crippen LogP contribution >= 0.6 is 93.1 Å². The monoisotopic (exact) mass is 864 g/mol. The average molecular weight is 865 g/mol. The lowest BCUT2D eigenvalue weighted by molar-refractivity contribution is 0.163. The lowest BCUT2D eigenvalue weighted by Gasteiger charge is -2.34. The molecule has 8 nitrogen and oxygen atoms in total. The first-order chi connectivity index (χ1) is 25.1. The number of hydrogen-bond acceptors (Lipinski definition) is 12. The molecule has 4 rings (SSSR count). The van der Waals surface area contributed by atoms with Crippen LogP contribution in [-0.4, -0.2) is 174 Å². The molecule has 52 heavy (non-hydrogen) atoms. The highest BCUT2D eigenvalue weighted by atomic mass is 33.1. The van der Waals surface area contributed by atoms with Crippen molar-refractivity contribution in [2.75, 3.05) is 115 Å². The Morgan fingerprint density at radius 3 is 1.31 bits per heavy atom. The largest absolute Gasteiger partial charge is 0.357 e. The highest BCUT2D eigenvalue weighted by Crippen LogP contribution is 2.39. The summed E-state index contributed by atoms with van der Waals surface area (Å²) < 4.78 is 1.97. The van der Waals surface area contributed by atoms with Gasteiger partial charge in [0.25, 0.3) is 10.5 Å². The van der Waals surface area contributed by atoms with E-state index in [0.717, 1.165) is 123 Å². The Kier molecular flexibility index (Phi) is 21.4. The number of carbonyl (C=O) groups is 2. The smallest absolute Gasteiger partial charge is 0.281 e. The molecule has 0 aromatic carbocycles. The predicted octanol–water partition coefficient (Wildman–Crippen LogP) is 7.92. The van der Waals surface area contributed by atoms with Gasteiger partial charge in [0.05, 0.1) is 0 Å². The molecule has 0 bridgehead atoms. The lowest BCUT2D eigenvalue weighted by atomic mass is 10.0. The molecule has 0 aliphatic carbocycles. The second-order valence-electron chi connectivity index (χ2n) is 14.3. The minimum atomic E-state index is 0.175. The maximum atomic E-state index is 13.4. The molecular formula is C36H60N6O2S8. The molecule has 4 unspecified atom stereocenters. The molecule has 4 atom stereocenters. The molecule has 0 saturated carbocycles. The van der Waals surface area contributed by atoms with Gasteiger partial charge in [-0.1, -0.05) is 119 Å².